The lowest BCUT2D eigenvalue weighted by Gasteiger charge is -2.32. The van der Waals surface area contributed by atoms with Crippen molar-refractivity contribution in [2.24, 2.45) is 0 Å². The minimum Gasteiger partial charge on any atom is -0.478 e. The summed E-state index contributed by atoms with van der Waals surface area (Å²) in [4.78, 5) is 16.8. The Hall–Kier alpha value is -1.73. The number of halogens is 1. The first kappa shape index (κ1) is 12.7. The first-order valence-corrected chi connectivity index (χ1v) is 5.66. The number of nitrogens with one attached hydrogen (secondary N) is 1. The number of aromatic carboxylic acids is 1. The Bertz CT molecular complexity index is 447. The normalized spacial score (nSPS) is 17.7. The van der Waals surface area contributed by atoms with Gasteiger partial charge >= 0.3 is 5.97 Å². The molecule has 0 atom stereocenters. The molecule has 0 unspecified atom stereocenters. The second-order valence-electron chi connectivity index (χ2n) is 4.23. The number of carboxylic acid groups (broad SMARTS) is 1. The van der Waals surface area contributed by atoms with E-state index in [1.807, 2.05) is 12.1 Å². The van der Waals surface area contributed by atoms with Gasteiger partial charge in [-0.3, -0.25) is 0 Å². The molecule has 2 rings (SSSR count). The lowest BCUT2D eigenvalue weighted by atomic mass is 10.2. The lowest BCUT2D eigenvalue weighted by Crippen LogP contribution is -2.47. The highest BCUT2D eigenvalue weighted by atomic mass is 19.1. The number of anilines is 1. The number of carbonyl (C=O) groups is 1. The van der Waals surface area contributed by atoms with Crippen molar-refractivity contribution in [2.45, 2.75) is 0 Å². The van der Waals surface area contributed by atoms with E-state index in [-0.39, 0.29) is 11.4 Å². The van der Waals surface area contributed by atoms with E-state index in [0.717, 1.165) is 32.2 Å². The van der Waals surface area contributed by atoms with E-state index in [4.69, 9.17) is 5.11 Å². The van der Waals surface area contributed by atoms with Crippen LogP contribution < -0.4 is 5.43 Å². The molecule has 1 fully saturated rings. The predicted octanol–water partition coefficient (Wildman–Crippen LogP) is 0.493. The van der Waals surface area contributed by atoms with Gasteiger partial charge in [0.05, 0.1) is 0 Å². The summed E-state index contributed by atoms with van der Waals surface area (Å²) in [5.41, 5.74) is 2.45. The van der Waals surface area contributed by atoms with E-state index in [9.17, 15) is 9.18 Å². The highest BCUT2D eigenvalue weighted by Crippen LogP contribution is 2.16. The van der Waals surface area contributed by atoms with Gasteiger partial charge < -0.3 is 15.4 Å². The van der Waals surface area contributed by atoms with Crippen LogP contribution in [-0.4, -0.2) is 59.2 Å². The van der Waals surface area contributed by atoms with Gasteiger partial charge in [-0.15, -0.1) is 0 Å². The number of hydrazine groups is 1. The Morgan fingerprint density at radius 1 is 1.44 bits per heavy atom. The molecule has 7 heteroatoms. The Balaban J connectivity index is 2.10. The molecule has 1 aromatic heterocycles. The minimum atomic E-state index is -1.30. The van der Waals surface area contributed by atoms with Gasteiger partial charge in [0, 0.05) is 32.4 Å². The monoisotopic (exact) mass is 254 g/mol. The third kappa shape index (κ3) is 2.74. The largest absolute Gasteiger partial charge is 0.478 e. The topological polar surface area (TPSA) is 68.7 Å². The molecule has 1 aromatic rings. The Kier molecular flexibility index (Phi) is 3.73. The highest BCUT2D eigenvalue weighted by molar-refractivity contribution is 5.88. The number of hydrogen-bond acceptors (Lipinski definition) is 5. The van der Waals surface area contributed by atoms with Crippen molar-refractivity contribution in [3.05, 3.63) is 23.6 Å². The van der Waals surface area contributed by atoms with E-state index >= 15 is 0 Å². The molecule has 0 amide bonds. The average Bonchev–Trinajstić information content (AvgIpc) is 2.34. The van der Waals surface area contributed by atoms with Gasteiger partial charge in [0.1, 0.15) is 5.56 Å². The third-order valence-electron chi connectivity index (χ3n) is 2.89. The van der Waals surface area contributed by atoms with Gasteiger partial charge in [-0.05, 0) is 13.1 Å². The molecule has 1 aliphatic heterocycles. The summed E-state index contributed by atoms with van der Waals surface area (Å²) in [6, 6.07) is 1.15. The summed E-state index contributed by atoms with van der Waals surface area (Å²) in [6.07, 6.45) is 1.28. The second-order valence-corrected chi connectivity index (χ2v) is 4.23. The zero-order chi connectivity index (χ0) is 13.1. The standard InChI is InChI=1S/C11H15FN4O2/c1-15-4-6-16(7-5-15)14-10-9(12)8(11(17)18)2-3-13-10/h2-3H,4-7H2,1H3,(H,13,14)(H,17,18). The fourth-order valence-corrected chi connectivity index (χ4v) is 1.75. The van der Waals surface area contributed by atoms with Gasteiger partial charge in [-0.25, -0.2) is 19.2 Å². The fraction of sp³-hybridized carbons (Fsp3) is 0.455. The molecule has 0 saturated carbocycles. The molecule has 1 saturated heterocycles. The van der Waals surface area contributed by atoms with Crippen LogP contribution in [-0.2, 0) is 0 Å². The van der Waals surface area contributed by atoms with E-state index < -0.39 is 11.8 Å². The van der Waals surface area contributed by atoms with Crippen LogP contribution in [0.4, 0.5) is 10.2 Å². The molecule has 18 heavy (non-hydrogen) atoms. The zero-order valence-electron chi connectivity index (χ0n) is 10.1. The van der Waals surface area contributed by atoms with E-state index in [2.05, 4.69) is 15.3 Å². The molecular formula is C11H15FN4O2. The maximum absolute atomic E-state index is 13.8. The van der Waals surface area contributed by atoms with Crippen LogP contribution in [0.15, 0.2) is 12.3 Å². The van der Waals surface area contributed by atoms with Gasteiger partial charge in [-0.2, -0.15) is 0 Å². The Morgan fingerprint density at radius 3 is 2.72 bits per heavy atom. The summed E-state index contributed by atoms with van der Waals surface area (Å²) in [7, 11) is 2.02. The number of pyridine rings is 1. The van der Waals surface area contributed by atoms with Crippen molar-refractivity contribution >= 4 is 11.8 Å². The molecule has 98 valence electrons. The first-order valence-electron chi connectivity index (χ1n) is 5.66. The van der Waals surface area contributed by atoms with Crippen LogP contribution in [0.25, 0.3) is 0 Å². The minimum absolute atomic E-state index is 0.0422. The molecule has 1 aliphatic rings. The van der Waals surface area contributed by atoms with Crippen molar-refractivity contribution in [1.29, 1.82) is 0 Å². The van der Waals surface area contributed by atoms with Crippen molar-refractivity contribution in [2.75, 3.05) is 38.7 Å². The van der Waals surface area contributed by atoms with Crippen LogP contribution in [0, 0.1) is 5.82 Å². The third-order valence-corrected chi connectivity index (χ3v) is 2.89. The van der Waals surface area contributed by atoms with Gasteiger partial charge in [-0.1, -0.05) is 0 Å². The summed E-state index contributed by atoms with van der Waals surface area (Å²) >= 11 is 0. The molecule has 2 N–H and O–H groups in total. The zero-order valence-corrected chi connectivity index (χ0v) is 10.1. The SMILES string of the molecule is CN1CCN(Nc2nccc(C(=O)O)c2F)CC1. The number of nitrogens with zero attached hydrogens (tertiary/aromatic N) is 3. The van der Waals surface area contributed by atoms with Crippen molar-refractivity contribution in [3.63, 3.8) is 0 Å². The van der Waals surface area contributed by atoms with Crippen molar-refractivity contribution in [3.8, 4) is 0 Å². The van der Waals surface area contributed by atoms with Gasteiger partial charge in [0.2, 0.25) is 0 Å². The fourth-order valence-electron chi connectivity index (χ4n) is 1.75. The van der Waals surface area contributed by atoms with Crippen molar-refractivity contribution in [1.82, 2.24) is 14.9 Å². The van der Waals surface area contributed by atoms with Crippen LogP contribution in [0.5, 0.6) is 0 Å². The summed E-state index contributed by atoms with van der Waals surface area (Å²) in [5, 5.41) is 10.6. The van der Waals surface area contributed by atoms with Crippen LogP contribution in [0.1, 0.15) is 10.4 Å². The molecule has 0 radical (unpaired) electrons. The first-order chi connectivity index (χ1) is 8.58. The number of likely N-dealkylation sites (N-methyl/N-ethyl adjacent to an activating group) is 1. The number of piperazine rings is 1. The quantitative estimate of drug-likeness (QED) is 0.818. The van der Waals surface area contributed by atoms with Gasteiger partial charge in [0.25, 0.3) is 0 Å². The molecule has 0 aromatic carbocycles. The highest BCUT2D eigenvalue weighted by Gasteiger charge is 2.19. The van der Waals surface area contributed by atoms with Crippen molar-refractivity contribution < 1.29 is 14.3 Å². The number of aromatic nitrogens is 1. The predicted molar refractivity (Wildman–Crippen MR) is 63.8 cm³/mol. The Morgan fingerprint density at radius 2 is 2.11 bits per heavy atom. The molecule has 2 heterocycles. The second kappa shape index (κ2) is 5.28. The summed E-state index contributed by atoms with van der Waals surface area (Å²) in [6.45, 7) is 3.20. The lowest BCUT2D eigenvalue weighted by molar-refractivity contribution is 0.0691. The smallest absolute Gasteiger partial charge is 0.338 e. The number of rotatable bonds is 3. The van der Waals surface area contributed by atoms with E-state index in [1.165, 1.54) is 6.20 Å². The van der Waals surface area contributed by atoms with E-state index in [1.54, 1.807) is 0 Å². The molecule has 6 nitrogen and oxygen atoms in total. The van der Waals surface area contributed by atoms with E-state index in [0.29, 0.717) is 0 Å². The van der Waals surface area contributed by atoms with Crippen LogP contribution in [0.3, 0.4) is 0 Å². The average molecular weight is 254 g/mol. The van der Waals surface area contributed by atoms with Gasteiger partial charge in [0.15, 0.2) is 11.6 Å². The van der Waals surface area contributed by atoms with Crippen LogP contribution >= 0.6 is 0 Å². The maximum atomic E-state index is 13.8. The molecule has 0 aliphatic carbocycles. The maximum Gasteiger partial charge on any atom is 0.338 e. The Labute approximate surface area is 104 Å². The number of hydrogen-bond donors (Lipinski definition) is 2. The molecule has 0 spiro atoms. The molecular weight excluding hydrogens is 239 g/mol. The molecule has 0 bridgehead atoms. The summed E-state index contributed by atoms with van der Waals surface area (Å²) in [5.74, 6) is -2.17. The number of carboxylic acids is 1. The summed E-state index contributed by atoms with van der Waals surface area (Å²) < 4.78 is 13.8. The van der Waals surface area contributed by atoms with Crippen LogP contribution in [0.2, 0.25) is 0 Å².